The largest absolute Gasteiger partial charge is 0.395 e. The minimum atomic E-state index is 0.0710. The van der Waals surface area contributed by atoms with Crippen LogP contribution < -0.4 is 5.32 Å². The molecule has 102 valence electrons. The van der Waals surface area contributed by atoms with Gasteiger partial charge < -0.3 is 15.2 Å². The molecule has 1 unspecified atom stereocenters. The lowest BCUT2D eigenvalue weighted by atomic mass is 10.1. The summed E-state index contributed by atoms with van der Waals surface area (Å²) in [4.78, 5) is 0. The first-order chi connectivity index (χ1) is 8.86. The van der Waals surface area contributed by atoms with Crippen molar-refractivity contribution in [1.82, 2.24) is 5.32 Å². The highest BCUT2D eigenvalue weighted by Crippen LogP contribution is 2.02. The van der Waals surface area contributed by atoms with E-state index in [0.29, 0.717) is 6.61 Å². The van der Waals surface area contributed by atoms with Crippen molar-refractivity contribution >= 4 is 0 Å². The summed E-state index contributed by atoms with van der Waals surface area (Å²) in [6, 6.07) is 10.5. The molecule has 0 bridgehead atoms. The molecule has 0 heterocycles. The summed E-state index contributed by atoms with van der Waals surface area (Å²) in [6.45, 7) is 4.52. The van der Waals surface area contributed by atoms with Crippen LogP contribution >= 0.6 is 0 Å². The predicted molar refractivity (Wildman–Crippen MR) is 74.7 cm³/mol. The monoisotopic (exact) mass is 251 g/mol. The molecule has 0 fully saturated rings. The highest BCUT2D eigenvalue weighted by atomic mass is 16.5. The van der Waals surface area contributed by atoms with E-state index >= 15 is 0 Å². The molecule has 0 aliphatic carbocycles. The van der Waals surface area contributed by atoms with E-state index in [1.165, 1.54) is 5.56 Å². The molecule has 3 nitrogen and oxygen atoms in total. The number of hydrogen-bond donors (Lipinski definition) is 2. The Morgan fingerprint density at radius 2 is 2.06 bits per heavy atom. The second-order valence-electron chi connectivity index (χ2n) is 4.50. The zero-order valence-electron chi connectivity index (χ0n) is 11.3. The highest BCUT2D eigenvalue weighted by molar-refractivity contribution is 5.14. The predicted octanol–water partition coefficient (Wildman–Crippen LogP) is 2.00. The Bertz CT molecular complexity index is 290. The summed E-state index contributed by atoms with van der Waals surface area (Å²) < 4.78 is 5.58. The van der Waals surface area contributed by atoms with Crippen LogP contribution in [0.4, 0.5) is 0 Å². The SMILES string of the molecule is CCCNC(CO)COCCCc1ccccc1. The summed E-state index contributed by atoms with van der Waals surface area (Å²) in [5.74, 6) is 0. The van der Waals surface area contributed by atoms with Gasteiger partial charge >= 0.3 is 0 Å². The van der Waals surface area contributed by atoms with Crippen molar-refractivity contribution in [3.63, 3.8) is 0 Å². The second kappa shape index (κ2) is 10.1. The zero-order valence-corrected chi connectivity index (χ0v) is 11.3. The van der Waals surface area contributed by atoms with E-state index in [-0.39, 0.29) is 12.6 Å². The van der Waals surface area contributed by atoms with Crippen molar-refractivity contribution in [3.8, 4) is 0 Å². The molecule has 1 rings (SSSR count). The fraction of sp³-hybridized carbons (Fsp3) is 0.600. The molecule has 0 aromatic heterocycles. The third kappa shape index (κ3) is 6.74. The Labute approximate surface area is 110 Å². The molecule has 0 aliphatic heterocycles. The summed E-state index contributed by atoms with van der Waals surface area (Å²) in [5.41, 5.74) is 1.35. The minimum absolute atomic E-state index is 0.0710. The Morgan fingerprint density at radius 3 is 2.72 bits per heavy atom. The fourth-order valence-corrected chi connectivity index (χ4v) is 1.77. The van der Waals surface area contributed by atoms with Crippen molar-refractivity contribution in [1.29, 1.82) is 0 Å². The number of rotatable bonds is 10. The Morgan fingerprint density at radius 1 is 1.28 bits per heavy atom. The van der Waals surface area contributed by atoms with Crippen LogP contribution in [0.15, 0.2) is 30.3 Å². The number of aliphatic hydroxyl groups excluding tert-OH is 1. The van der Waals surface area contributed by atoms with Gasteiger partial charge in [-0.05, 0) is 31.4 Å². The van der Waals surface area contributed by atoms with E-state index in [1.54, 1.807) is 0 Å². The Kier molecular flexibility index (Phi) is 8.47. The van der Waals surface area contributed by atoms with Gasteiger partial charge in [0.2, 0.25) is 0 Å². The van der Waals surface area contributed by atoms with Crippen LogP contribution in [0.3, 0.4) is 0 Å². The quantitative estimate of drug-likeness (QED) is 0.625. The maximum atomic E-state index is 9.14. The fourth-order valence-electron chi connectivity index (χ4n) is 1.77. The molecule has 2 N–H and O–H groups in total. The van der Waals surface area contributed by atoms with Crippen LogP contribution in [0.5, 0.6) is 0 Å². The molecule has 0 spiro atoms. The average Bonchev–Trinajstić information content (AvgIpc) is 2.43. The van der Waals surface area contributed by atoms with E-state index < -0.39 is 0 Å². The highest BCUT2D eigenvalue weighted by Gasteiger charge is 2.05. The third-order valence-electron chi connectivity index (χ3n) is 2.82. The minimum Gasteiger partial charge on any atom is -0.395 e. The molecule has 0 saturated heterocycles. The van der Waals surface area contributed by atoms with Crippen LogP contribution in [0.1, 0.15) is 25.3 Å². The van der Waals surface area contributed by atoms with Crippen LogP contribution in [0.25, 0.3) is 0 Å². The van der Waals surface area contributed by atoms with E-state index in [0.717, 1.165) is 32.4 Å². The van der Waals surface area contributed by atoms with E-state index in [2.05, 4.69) is 36.5 Å². The Balaban J connectivity index is 2.03. The summed E-state index contributed by atoms with van der Waals surface area (Å²) in [5, 5.41) is 12.4. The van der Waals surface area contributed by atoms with Crippen molar-refractivity contribution in [3.05, 3.63) is 35.9 Å². The average molecular weight is 251 g/mol. The lowest BCUT2D eigenvalue weighted by Crippen LogP contribution is -2.37. The lowest BCUT2D eigenvalue weighted by molar-refractivity contribution is 0.0874. The van der Waals surface area contributed by atoms with Crippen molar-refractivity contribution in [2.24, 2.45) is 0 Å². The van der Waals surface area contributed by atoms with Gasteiger partial charge in [0.15, 0.2) is 0 Å². The van der Waals surface area contributed by atoms with Crippen LogP contribution in [0, 0.1) is 0 Å². The second-order valence-corrected chi connectivity index (χ2v) is 4.50. The first-order valence-corrected chi connectivity index (χ1v) is 6.82. The van der Waals surface area contributed by atoms with Crippen LogP contribution in [-0.4, -0.2) is 37.5 Å². The number of hydrogen-bond acceptors (Lipinski definition) is 3. The lowest BCUT2D eigenvalue weighted by Gasteiger charge is -2.15. The van der Waals surface area contributed by atoms with Crippen molar-refractivity contribution in [2.45, 2.75) is 32.2 Å². The molecular formula is C15H25NO2. The first-order valence-electron chi connectivity index (χ1n) is 6.82. The maximum absolute atomic E-state index is 9.14. The third-order valence-corrected chi connectivity index (χ3v) is 2.82. The van der Waals surface area contributed by atoms with Crippen LogP contribution in [-0.2, 0) is 11.2 Å². The molecule has 1 atom stereocenters. The summed E-state index contributed by atoms with van der Waals surface area (Å²) in [7, 11) is 0. The first kappa shape index (κ1) is 15.2. The van der Waals surface area contributed by atoms with E-state index in [9.17, 15) is 0 Å². The molecule has 18 heavy (non-hydrogen) atoms. The summed E-state index contributed by atoms with van der Waals surface area (Å²) >= 11 is 0. The molecule has 3 heteroatoms. The van der Waals surface area contributed by atoms with Gasteiger partial charge in [-0.3, -0.25) is 0 Å². The van der Waals surface area contributed by atoms with Gasteiger partial charge in [-0.2, -0.15) is 0 Å². The van der Waals surface area contributed by atoms with Crippen molar-refractivity contribution < 1.29 is 9.84 Å². The molecule has 0 amide bonds. The van der Waals surface area contributed by atoms with Gasteiger partial charge in [0.25, 0.3) is 0 Å². The standard InChI is InChI=1S/C15H25NO2/c1-2-10-16-15(12-17)13-18-11-6-9-14-7-4-3-5-8-14/h3-5,7-8,15-17H,2,6,9-13H2,1H3. The molecule has 1 aromatic carbocycles. The summed E-state index contributed by atoms with van der Waals surface area (Å²) in [6.07, 6.45) is 3.15. The van der Waals surface area contributed by atoms with Crippen LogP contribution in [0.2, 0.25) is 0 Å². The van der Waals surface area contributed by atoms with E-state index in [4.69, 9.17) is 9.84 Å². The van der Waals surface area contributed by atoms with Gasteiger partial charge in [-0.1, -0.05) is 37.3 Å². The molecular weight excluding hydrogens is 226 g/mol. The molecule has 0 aliphatic rings. The molecule has 0 radical (unpaired) electrons. The molecule has 0 saturated carbocycles. The maximum Gasteiger partial charge on any atom is 0.0642 e. The van der Waals surface area contributed by atoms with E-state index in [1.807, 2.05) is 6.07 Å². The van der Waals surface area contributed by atoms with Crippen molar-refractivity contribution in [2.75, 3.05) is 26.4 Å². The number of aryl methyl sites for hydroxylation is 1. The van der Waals surface area contributed by atoms with Gasteiger partial charge in [0.1, 0.15) is 0 Å². The van der Waals surface area contributed by atoms with Gasteiger partial charge in [0.05, 0.1) is 19.3 Å². The number of nitrogens with one attached hydrogen (secondary N) is 1. The number of benzene rings is 1. The number of ether oxygens (including phenoxy) is 1. The van der Waals surface area contributed by atoms with Gasteiger partial charge in [0, 0.05) is 6.61 Å². The zero-order chi connectivity index (χ0) is 13.1. The smallest absolute Gasteiger partial charge is 0.0642 e. The normalized spacial score (nSPS) is 12.6. The topological polar surface area (TPSA) is 41.5 Å². The number of aliphatic hydroxyl groups is 1. The Hall–Kier alpha value is -0.900. The van der Waals surface area contributed by atoms with Gasteiger partial charge in [-0.15, -0.1) is 0 Å². The molecule has 1 aromatic rings. The van der Waals surface area contributed by atoms with Gasteiger partial charge in [-0.25, -0.2) is 0 Å².